The van der Waals surface area contributed by atoms with E-state index < -0.39 is 0 Å². The van der Waals surface area contributed by atoms with Gasteiger partial charge >= 0.3 is 0 Å². The number of aromatic nitrogens is 4. The highest BCUT2D eigenvalue weighted by molar-refractivity contribution is 7.15. The predicted octanol–water partition coefficient (Wildman–Crippen LogP) is 5.39. The molecule has 0 amide bonds. The Morgan fingerprint density at radius 3 is 2.41 bits per heavy atom. The Morgan fingerprint density at radius 1 is 0.966 bits per heavy atom. The number of hydrogen-bond acceptors (Lipinski definition) is 5. The average molecular weight is 457 g/mol. The summed E-state index contributed by atoms with van der Waals surface area (Å²) in [6, 6.07) is 14.8. The van der Waals surface area contributed by atoms with Crippen LogP contribution in [0.3, 0.4) is 0 Å². The van der Waals surface area contributed by atoms with E-state index in [9.17, 15) is 5.26 Å². The zero-order chi connectivity index (χ0) is 20.1. The molecule has 29 heavy (non-hydrogen) atoms. The van der Waals surface area contributed by atoms with Crippen molar-refractivity contribution in [1.29, 1.82) is 5.26 Å². The van der Waals surface area contributed by atoms with E-state index >= 15 is 0 Å². The molecule has 0 fully saturated rings. The van der Waals surface area contributed by atoms with Gasteiger partial charge in [-0.05, 0) is 42.0 Å². The van der Waals surface area contributed by atoms with Crippen LogP contribution in [0.5, 0.6) is 0 Å². The minimum Gasteiger partial charge on any atom is -0.248 e. The third-order valence-corrected chi connectivity index (χ3v) is 6.19. The summed E-state index contributed by atoms with van der Waals surface area (Å²) < 4.78 is 2.67. The molecule has 0 unspecified atom stereocenters. The van der Waals surface area contributed by atoms with Crippen LogP contribution in [0, 0.1) is 11.3 Å². The quantitative estimate of drug-likeness (QED) is 0.357. The second-order valence-corrected chi connectivity index (χ2v) is 8.49. The SMILES string of the molecule is N#Cc1c(-c2ccc(Cl)cc2Cl)nc2s/c(=C/c3ccc(Cl)cc3)c3nnc1n23. The van der Waals surface area contributed by atoms with Crippen molar-refractivity contribution in [2.45, 2.75) is 0 Å². The minimum absolute atomic E-state index is 0.310. The molecule has 0 N–H and O–H groups in total. The molecule has 9 heteroatoms. The van der Waals surface area contributed by atoms with Gasteiger partial charge in [0, 0.05) is 15.6 Å². The zero-order valence-corrected chi connectivity index (χ0v) is 17.5. The summed E-state index contributed by atoms with van der Waals surface area (Å²) in [6.45, 7) is 0. The molecule has 0 atom stereocenters. The van der Waals surface area contributed by atoms with Crippen molar-refractivity contribution >= 4 is 68.5 Å². The van der Waals surface area contributed by atoms with E-state index in [2.05, 4.69) is 16.3 Å². The highest BCUT2D eigenvalue weighted by Gasteiger charge is 2.21. The highest BCUT2D eigenvalue weighted by atomic mass is 35.5. The van der Waals surface area contributed by atoms with Crippen molar-refractivity contribution in [2.75, 3.05) is 0 Å². The Bertz CT molecular complexity index is 1500. The molecule has 140 valence electrons. The number of halogens is 3. The molecule has 2 aromatic carbocycles. The molecule has 5 aromatic rings. The molecule has 0 aliphatic heterocycles. The van der Waals surface area contributed by atoms with Crippen LogP contribution in [-0.4, -0.2) is 19.6 Å². The third-order valence-electron chi connectivity index (χ3n) is 4.41. The molecule has 5 rings (SSSR count). The minimum atomic E-state index is 0.310. The maximum Gasteiger partial charge on any atom is 0.198 e. The van der Waals surface area contributed by atoms with Gasteiger partial charge in [-0.15, -0.1) is 10.2 Å². The van der Waals surface area contributed by atoms with E-state index in [-0.39, 0.29) is 0 Å². The number of nitriles is 1. The van der Waals surface area contributed by atoms with E-state index in [1.54, 1.807) is 22.6 Å². The van der Waals surface area contributed by atoms with Gasteiger partial charge < -0.3 is 0 Å². The van der Waals surface area contributed by atoms with Crippen molar-refractivity contribution in [3.63, 3.8) is 0 Å². The lowest BCUT2D eigenvalue weighted by Gasteiger charge is -2.07. The Morgan fingerprint density at radius 2 is 1.69 bits per heavy atom. The number of thiazole rings is 1. The normalized spacial score (nSPS) is 12.1. The van der Waals surface area contributed by atoms with Gasteiger partial charge in [-0.3, -0.25) is 0 Å². The summed E-state index contributed by atoms with van der Waals surface area (Å²) in [7, 11) is 0. The third kappa shape index (κ3) is 3.04. The number of benzene rings is 2. The maximum atomic E-state index is 9.80. The fourth-order valence-electron chi connectivity index (χ4n) is 3.09. The Balaban J connectivity index is 1.81. The summed E-state index contributed by atoms with van der Waals surface area (Å²) >= 11 is 19.8. The summed E-state index contributed by atoms with van der Waals surface area (Å²) in [6.07, 6.45) is 1.99. The molecule has 0 bridgehead atoms. The lowest BCUT2D eigenvalue weighted by atomic mass is 10.1. The van der Waals surface area contributed by atoms with Gasteiger partial charge in [-0.1, -0.05) is 58.3 Å². The second-order valence-electron chi connectivity index (χ2n) is 6.20. The fraction of sp³-hybridized carbons (Fsp3) is 0. The van der Waals surface area contributed by atoms with Crippen LogP contribution in [0.2, 0.25) is 15.1 Å². The Labute approximate surface area is 183 Å². The molecule has 0 saturated carbocycles. The first-order valence-corrected chi connectivity index (χ1v) is 10.3. The summed E-state index contributed by atoms with van der Waals surface area (Å²) in [4.78, 5) is 5.38. The number of nitrogens with zero attached hydrogens (tertiary/aromatic N) is 5. The zero-order valence-electron chi connectivity index (χ0n) is 14.4. The van der Waals surface area contributed by atoms with Crippen molar-refractivity contribution in [3.05, 3.63) is 73.2 Å². The average Bonchev–Trinajstić information content (AvgIpc) is 3.28. The first-order valence-electron chi connectivity index (χ1n) is 8.35. The molecule has 0 radical (unpaired) electrons. The molecular weight excluding hydrogens is 449 g/mol. The second kappa shape index (κ2) is 6.97. The van der Waals surface area contributed by atoms with Crippen molar-refractivity contribution < 1.29 is 0 Å². The monoisotopic (exact) mass is 455 g/mol. The van der Waals surface area contributed by atoms with Gasteiger partial charge in [0.15, 0.2) is 16.3 Å². The van der Waals surface area contributed by atoms with Gasteiger partial charge in [0.05, 0.1) is 15.2 Å². The van der Waals surface area contributed by atoms with Crippen LogP contribution in [0.4, 0.5) is 0 Å². The van der Waals surface area contributed by atoms with Crippen LogP contribution in [0.25, 0.3) is 33.6 Å². The fourth-order valence-corrected chi connectivity index (χ4v) is 4.73. The molecule has 5 nitrogen and oxygen atoms in total. The van der Waals surface area contributed by atoms with Crippen LogP contribution in [0.15, 0.2) is 42.5 Å². The summed E-state index contributed by atoms with van der Waals surface area (Å²) in [5, 5.41) is 19.9. The Kier molecular flexibility index (Phi) is 4.41. The smallest absolute Gasteiger partial charge is 0.198 e. The summed E-state index contributed by atoms with van der Waals surface area (Å²) in [5.41, 5.74) is 3.45. The molecule has 0 spiro atoms. The lowest BCUT2D eigenvalue weighted by molar-refractivity contribution is 1.14. The molecular formula is C20H8Cl3N5S. The summed E-state index contributed by atoms with van der Waals surface area (Å²) in [5.74, 6) is 0. The van der Waals surface area contributed by atoms with E-state index in [0.29, 0.717) is 48.1 Å². The van der Waals surface area contributed by atoms with Gasteiger partial charge in [-0.2, -0.15) is 5.26 Å². The maximum absolute atomic E-state index is 9.80. The van der Waals surface area contributed by atoms with E-state index in [4.69, 9.17) is 39.8 Å². The largest absolute Gasteiger partial charge is 0.248 e. The molecule has 0 aliphatic carbocycles. The van der Waals surface area contributed by atoms with E-state index in [1.165, 1.54) is 11.3 Å². The molecule has 3 aromatic heterocycles. The lowest BCUT2D eigenvalue weighted by Crippen LogP contribution is -1.98. The van der Waals surface area contributed by atoms with Gasteiger partial charge in [0.1, 0.15) is 11.6 Å². The first kappa shape index (κ1) is 18.3. The van der Waals surface area contributed by atoms with Crippen molar-refractivity contribution in [2.24, 2.45) is 0 Å². The van der Waals surface area contributed by atoms with Crippen molar-refractivity contribution in [3.8, 4) is 17.3 Å². The highest BCUT2D eigenvalue weighted by Crippen LogP contribution is 2.33. The van der Waals surface area contributed by atoms with Crippen molar-refractivity contribution in [1.82, 2.24) is 19.6 Å². The van der Waals surface area contributed by atoms with Gasteiger partial charge in [0.25, 0.3) is 0 Å². The van der Waals surface area contributed by atoms with Crippen LogP contribution in [-0.2, 0) is 0 Å². The van der Waals surface area contributed by atoms with Gasteiger partial charge in [-0.25, -0.2) is 9.38 Å². The molecule has 3 heterocycles. The van der Waals surface area contributed by atoms with E-state index in [0.717, 1.165) is 10.1 Å². The van der Waals surface area contributed by atoms with Crippen LogP contribution in [0.1, 0.15) is 11.1 Å². The standard InChI is InChI=1S/C20H8Cl3N5S/c21-11-3-1-10(2-4-11)7-16-19-27-26-18-14(9-24)17(25-20(29-16)28(18)19)13-6-5-12(22)8-15(13)23/h1-8H/b16-7+. The first-order chi connectivity index (χ1) is 14.0. The number of hydrogen-bond donors (Lipinski definition) is 0. The van der Waals surface area contributed by atoms with E-state index in [1.807, 2.05) is 30.3 Å². The molecule has 0 aliphatic rings. The van der Waals surface area contributed by atoms with Gasteiger partial charge in [0.2, 0.25) is 0 Å². The number of rotatable bonds is 2. The molecule has 0 saturated heterocycles. The Hall–Kier alpha value is -2.69. The van der Waals surface area contributed by atoms with Crippen LogP contribution >= 0.6 is 46.1 Å². The topological polar surface area (TPSA) is 66.9 Å². The van der Waals surface area contributed by atoms with Crippen LogP contribution < -0.4 is 4.53 Å². The predicted molar refractivity (Wildman–Crippen MR) is 117 cm³/mol.